The summed E-state index contributed by atoms with van der Waals surface area (Å²) in [6.45, 7) is 3.64. The average Bonchev–Trinajstić information content (AvgIpc) is 3.18. The number of carbonyl (C=O) groups is 3. The van der Waals surface area contributed by atoms with Gasteiger partial charge in [0.2, 0.25) is 5.91 Å². The molecular weight excluding hydrogens is 386 g/mol. The molecule has 3 rings (SSSR count). The molecule has 1 heterocycles. The summed E-state index contributed by atoms with van der Waals surface area (Å²) in [6, 6.07) is 18.0. The minimum Gasteiger partial charge on any atom is -0.351 e. The van der Waals surface area contributed by atoms with E-state index in [2.05, 4.69) is 16.0 Å². The van der Waals surface area contributed by atoms with E-state index in [4.69, 9.17) is 0 Å². The molecule has 0 radical (unpaired) electrons. The van der Waals surface area contributed by atoms with Gasteiger partial charge in [-0.1, -0.05) is 24.3 Å². The molecule has 0 bridgehead atoms. The molecule has 2 aromatic carbocycles. The van der Waals surface area contributed by atoms with Crippen LogP contribution in [0.3, 0.4) is 0 Å². The van der Waals surface area contributed by atoms with E-state index in [0.717, 1.165) is 4.88 Å². The Bertz CT molecular complexity index is 1040. The van der Waals surface area contributed by atoms with Crippen molar-refractivity contribution >= 4 is 40.4 Å². The van der Waals surface area contributed by atoms with Crippen LogP contribution in [0.15, 0.2) is 60.7 Å². The van der Waals surface area contributed by atoms with Gasteiger partial charge in [-0.15, -0.1) is 11.3 Å². The number of rotatable bonds is 6. The summed E-state index contributed by atoms with van der Waals surface area (Å²) in [6.07, 6.45) is 0. The van der Waals surface area contributed by atoms with Crippen LogP contribution in [0.4, 0.5) is 11.4 Å². The van der Waals surface area contributed by atoms with Gasteiger partial charge in [-0.2, -0.15) is 0 Å². The van der Waals surface area contributed by atoms with Crippen LogP contribution in [0.1, 0.15) is 37.4 Å². The van der Waals surface area contributed by atoms with E-state index < -0.39 is 0 Å². The molecule has 1 aromatic heterocycles. The molecule has 7 heteroatoms. The fourth-order valence-electron chi connectivity index (χ4n) is 2.73. The lowest BCUT2D eigenvalue weighted by molar-refractivity contribution is -0.119. The molecule has 3 amide bonds. The van der Waals surface area contributed by atoms with E-state index in [1.54, 1.807) is 31.2 Å². The molecule has 0 saturated heterocycles. The van der Waals surface area contributed by atoms with Gasteiger partial charge >= 0.3 is 0 Å². The largest absolute Gasteiger partial charge is 0.351 e. The second kappa shape index (κ2) is 9.16. The van der Waals surface area contributed by atoms with Crippen molar-refractivity contribution in [2.24, 2.45) is 0 Å². The first-order valence-corrected chi connectivity index (χ1v) is 9.86. The highest BCUT2D eigenvalue weighted by Gasteiger charge is 2.15. The normalized spacial score (nSPS) is 10.3. The summed E-state index contributed by atoms with van der Waals surface area (Å²) in [5.74, 6) is -0.614. The maximum atomic E-state index is 12.6. The topological polar surface area (TPSA) is 87.3 Å². The lowest BCUT2D eigenvalue weighted by Crippen LogP contribution is -2.18. The molecule has 0 spiro atoms. The average molecular weight is 407 g/mol. The van der Waals surface area contributed by atoms with Crippen LogP contribution in [-0.2, 0) is 11.3 Å². The Kier molecular flexibility index (Phi) is 6.41. The Morgan fingerprint density at radius 3 is 2.34 bits per heavy atom. The van der Waals surface area contributed by atoms with Gasteiger partial charge < -0.3 is 16.0 Å². The molecule has 0 saturated carbocycles. The minimum absolute atomic E-state index is 0.120. The van der Waals surface area contributed by atoms with Crippen LogP contribution in [0.2, 0.25) is 0 Å². The van der Waals surface area contributed by atoms with Gasteiger partial charge in [0.15, 0.2) is 0 Å². The number of anilines is 2. The first-order valence-electron chi connectivity index (χ1n) is 9.04. The molecule has 0 atom stereocenters. The zero-order valence-electron chi connectivity index (χ0n) is 16.1. The van der Waals surface area contributed by atoms with Crippen LogP contribution in [0.25, 0.3) is 0 Å². The van der Waals surface area contributed by atoms with Crippen molar-refractivity contribution in [1.82, 2.24) is 5.32 Å². The van der Waals surface area contributed by atoms with Gasteiger partial charge in [-0.05, 0) is 48.9 Å². The third kappa shape index (κ3) is 5.30. The van der Waals surface area contributed by atoms with Crippen molar-refractivity contribution in [1.29, 1.82) is 0 Å². The molecule has 0 fully saturated rings. The zero-order chi connectivity index (χ0) is 20.8. The first kappa shape index (κ1) is 20.3. The molecule has 0 aliphatic rings. The smallest absolute Gasteiger partial charge is 0.265 e. The second-order valence-corrected chi connectivity index (χ2v) is 7.60. The molecule has 29 heavy (non-hydrogen) atoms. The van der Waals surface area contributed by atoms with E-state index in [9.17, 15) is 14.4 Å². The molecule has 148 valence electrons. The molecule has 3 aromatic rings. The van der Waals surface area contributed by atoms with Crippen LogP contribution in [-0.4, -0.2) is 17.7 Å². The molecule has 6 nitrogen and oxygen atoms in total. The summed E-state index contributed by atoms with van der Waals surface area (Å²) in [4.78, 5) is 37.7. The Morgan fingerprint density at radius 2 is 1.62 bits per heavy atom. The fraction of sp³-hybridized carbons (Fsp3) is 0.136. The van der Waals surface area contributed by atoms with Crippen molar-refractivity contribution in [2.75, 3.05) is 10.6 Å². The van der Waals surface area contributed by atoms with Gasteiger partial charge in [0.1, 0.15) is 0 Å². The number of hydrogen-bond donors (Lipinski definition) is 3. The Hall–Kier alpha value is -3.45. The van der Waals surface area contributed by atoms with Crippen molar-refractivity contribution in [3.63, 3.8) is 0 Å². The predicted molar refractivity (Wildman–Crippen MR) is 115 cm³/mol. The van der Waals surface area contributed by atoms with Crippen LogP contribution in [0.5, 0.6) is 0 Å². The van der Waals surface area contributed by atoms with Gasteiger partial charge in [0, 0.05) is 28.7 Å². The Balaban J connectivity index is 1.71. The van der Waals surface area contributed by atoms with Crippen molar-refractivity contribution < 1.29 is 14.4 Å². The third-order valence-corrected chi connectivity index (χ3v) is 5.34. The maximum Gasteiger partial charge on any atom is 0.265 e. The lowest BCUT2D eigenvalue weighted by atomic mass is 10.1. The maximum absolute atomic E-state index is 12.6. The van der Waals surface area contributed by atoms with Crippen molar-refractivity contribution in [3.05, 3.63) is 81.5 Å². The number of benzene rings is 2. The Morgan fingerprint density at radius 1 is 0.862 bits per heavy atom. The monoisotopic (exact) mass is 407 g/mol. The summed E-state index contributed by atoms with van der Waals surface area (Å²) in [7, 11) is 0. The van der Waals surface area contributed by atoms with E-state index in [1.165, 1.54) is 18.3 Å². The number of amides is 3. The number of carbonyl (C=O) groups excluding carboxylic acids is 3. The first-order chi connectivity index (χ1) is 13.9. The van der Waals surface area contributed by atoms with Gasteiger partial charge in [0.25, 0.3) is 11.8 Å². The summed E-state index contributed by atoms with van der Waals surface area (Å²) >= 11 is 1.31. The van der Waals surface area contributed by atoms with Gasteiger partial charge in [0.05, 0.1) is 11.4 Å². The highest BCUT2D eigenvalue weighted by molar-refractivity contribution is 7.14. The third-order valence-electron chi connectivity index (χ3n) is 4.26. The van der Waals surface area contributed by atoms with Gasteiger partial charge in [-0.25, -0.2) is 0 Å². The summed E-state index contributed by atoms with van der Waals surface area (Å²) < 4.78 is 0. The summed E-state index contributed by atoms with van der Waals surface area (Å²) in [5.41, 5.74) is 2.46. The number of para-hydroxylation sites is 1. The van der Waals surface area contributed by atoms with E-state index in [-0.39, 0.29) is 17.7 Å². The standard InChI is InChI=1S/C22H21N3O3S/c1-14-18(21(27)24-16-7-4-3-5-8-16)9-6-10-19(14)25-22(28)20-12-11-17(29-20)13-23-15(2)26/h3-12H,13H2,1-2H3,(H,23,26)(H,24,27)(H,25,28). The highest BCUT2D eigenvalue weighted by Crippen LogP contribution is 2.23. The van der Waals surface area contributed by atoms with Crippen molar-refractivity contribution in [3.8, 4) is 0 Å². The second-order valence-electron chi connectivity index (χ2n) is 6.43. The zero-order valence-corrected chi connectivity index (χ0v) is 16.9. The predicted octanol–water partition coefficient (Wildman–Crippen LogP) is 4.20. The number of nitrogens with one attached hydrogen (secondary N) is 3. The molecule has 0 aliphatic heterocycles. The number of hydrogen-bond acceptors (Lipinski definition) is 4. The highest BCUT2D eigenvalue weighted by atomic mass is 32.1. The molecular formula is C22H21N3O3S. The molecule has 0 unspecified atom stereocenters. The van der Waals surface area contributed by atoms with Crippen LogP contribution >= 0.6 is 11.3 Å². The van der Waals surface area contributed by atoms with Crippen LogP contribution in [0, 0.1) is 6.92 Å². The van der Waals surface area contributed by atoms with Crippen molar-refractivity contribution in [2.45, 2.75) is 20.4 Å². The minimum atomic E-state index is -0.257. The number of thiophene rings is 1. The fourth-order valence-corrected chi connectivity index (χ4v) is 3.57. The van der Waals surface area contributed by atoms with E-state index in [1.807, 2.05) is 36.4 Å². The Labute approximate surface area is 173 Å². The van der Waals surface area contributed by atoms with Crippen LogP contribution < -0.4 is 16.0 Å². The van der Waals surface area contributed by atoms with Gasteiger partial charge in [-0.3, -0.25) is 14.4 Å². The summed E-state index contributed by atoms with van der Waals surface area (Å²) in [5, 5.41) is 8.43. The molecule has 0 aliphatic carbocycles. The quantitative estimate of drug-likeness (QED) is 0.572. The lowest BCUT2D eigenvalue weighted by Gasteiger charge is -2.12. The van der Waals surface area contributed by atoms with E-state index >= 15 is 0 Å². The SMILES string of the molecule is CC(=O)NCc1ccc(C(=O)Nc2cccc(C(=O)Nc3ccccc3)c2C)s1. The molecule has 3 N–H and O–H groups in total. The van der Waals surface area contributed by atoms with E-state index in [0.29, 0.717) is 33.9 Å².